The van der Waals surface area contributed by atoms with Crippen molar-refractivity contribution in [2.75, 3.05) is 0 Å². The number of halogens is 1. The average molecular weight is 305 g/mol. The van der Waals surface area contributed by atoms with E-state index in [-0.39, 0.29) is 11.3 Å². The first-order valence-corrected chi connectivity index (χ1v) is 7.35. The van der Waals surface area contributed by atoms with Crippen LogP contribution in [0.25, 0.3) is 0 Å². The number of aliphatic hydroxyl groups excluding tert-OH is 1. The molecule has 1 aromatic carbocycles. The maximum absolute atomic E-state index is 13.2. The van der Waals surface area contributed by atoms with Gasteiger partial charge < -0.3 is 10.2 Å². The lowest BCUT2D eigenvalue weighted by Crippen LogP contribution is -2.34. The van der Waals surface area contributed by atoms with Crippen LogP contribution in [0.5, 0.6) is 0 Å². The Morgan fingerprint density at radius 3 is 2.50 bits per heavy atom. The molecule has 0 aliphatic rings. The van der Waals surface area contributed by atoms with E-state index in [1.807, 2.05) is 0 Å². The van der Waals surface area contributed by atoms with Gasteiger partial charge in [0, 0.05) is 6.04 Å². The Hall–Kier alpha value is -1.51. The molecule has 112 valence electrons. The lowest BCUT2D eigenvalue weighted by atomic mass is 10.2. The molecule has 3 N–H and O–H groups in total. The number of aliphatic hydroxyl groups is 1. The molecule has 0 aliphatic carbocycles. The van der Waals surface area contributed by atoms with Gasteiger partial charge in [-0.2, -0.15) is 0 Å². The Labute approximate surface area is 116 Å². The molecule has 1 rings (SSSR count). The molecule has 20 heavy (non-hydrogen) atoms. The summed E-state index contributed by atoms with van der Waals surface area (Å²) in [4.78, 5) is 10.4. The summed E-state index contributed by atoms with van der Waals surface area (Å²) in [6, 6.07) is 1.99. The SMILES string of the molecule is CC(O)CC(C)NS(=O)(=O)c1ccc(F)c(C(=O)O)c1. The zero-order valence-electron chi connectivity index (χ0n) is 11.0. The third kappa shape index (κ3) is 4.26. The average Bonchev–Trinajstić information content (AvgIpc) is 2.26. The van der Waals surface area contributed by atoms with Gasteiger partial charge in [0.1, 0.15) is 5.82 Å². The third-order valence-electron chi connectivity index (χ3n) is 2.53. The van der Waals surface area contributed by atoms with E-state index in [1.165, 1.54) is 6.92 Å². The summed E-state index contributed by atoms with van der Waals surface area (Å²) in [5.74, 6) is -2.55. The fraction of sp³-hybridized carbons (Fsp3) is 0.417. The lowest BCUT2D eigenvalue weighted by molar-refractivity contribution is 0.0691. The van der Waals surface area contributed by atoms with Crippen LogP contribution in [0, 0.1) is 5.82 Å². The van der Waals surface area contributed by atoms with Crippen LogP contribution in [-0.4, -0.2) is 36.7 Å². The summed E-state index contributed by atoms with van der Waals surface area (Å²) < 4.78 is 39.5. The first-order valence-electron chi connectivity index (χ1n) is 5.86. The van der Waals surface area contributed by atoms with Crippen molar-refractivity contribution in [3.8, 4) is 0 Å². The number of nitrogens with one attached hydrogen (secondary N) is 1. The lowest BCUT2D eigenvalue weighted by Gasteiger charge is -2.15. The van der Waals surface area contributed by atoms with Crippen LogP contribution in [0.2, 0.25) is 0 Å². The summed E-state index contributed by atoms with van der Waals surface area (Å²) in [6.45, 7) is 3.08. The molecule has 0 aliphatic heterocycles. The smallest absolute Gasteiger partial charge is 0.338 e. The van der Waals surface area contributed by atoms with E-state index in [0.29, 0.717) is 0 Å². The standard InChI is InChI=1S/C12H16FNO5S/c1-7(5-8(2)15)14-20(18,19)9-3-4-11(13)10(6-9)12(16)17/h3-4,6-8,14-15H,5H2,1-2H3,(H,16,17). The van der Waals surface area contributed by atoms with Gasteiger partial charge in [-0.05, 0) is 38.5 Å². The van der Waals surface area contributed by atoms with Gasteiger partial charge in [0.15, 0.2) is 0 Å². The van der Waals surface area contributed by atoms with Gasteiger partial charge in [0.05, 0.1) is 16.6 Å². The molecule has 0 bridgehead atoms. The molecule has 0 saturated carbocycles. The topological polar surface area (TPSA) is 104 Å². The van der Waals surface area contributed by atoms with Crippen molar-refractivity contribution in [1.29, 1.82) is 0 Å². The van der Waals surface area contributed by atoms with Crippen LogP contribution in [0.3, 0.4) is 0 Å². The molecule has 2 unspecified atom stereocenters. The van der Waals surface area contributed by atoms with Gasteiger partial charge in [0.25, 0.3) is 0 Å². The van der Waals surface area contributed by atoms with Crippen LogP contribution in [-0.2, 0) is 10.0 Å². The molecule has 2 atom stereocenters. The van der Waals surface area contributed by atoms with E-state index in [0.717, 1.165) is 18.2 Å². The number of rotatable bonds is 6. The van der Waals surface area contributed by atoms with Crippen LogP contribution < -0.4 is 4.72 Å². The maximum atomic E-state index is 13.2. The molecule has 0 fully saturated rings. The normalized spacial score (nSPS) is 14.8. The largest absolute Gasteiger partial charge is 0.478 e. The molecule has 0 saturated heterocycles. The van der Waals surface area contributed by atoms with Crippen molar-refractivity contribution in [2.45, 2.75) is 37.3 Å². The van der Waals surface area contributed by atoms with E-state index < -0.39 is 39.5 Å². The van der Waals surface area contributed by atoms with E-state index in [4.69, 9.17) is 5.11 Å². The number of aromatic carboxylic acids is 1. The van der Waals surface area contributed by atoms with Gasteiger partial charge in [0.2, 0.25) is 10.0 Å². The predicted octanol–water partition coefficient (Wildman–Crippen LogP) is 0.962. The highest BCUT2D eigenvalue weighted by atomic mass is 32.2. The fourth-order valence-electron chi connectivity index (χ4n) is 1.73. The number of carboxylic acids is 1. The van der Waals surface area contributed by atoms with E-state index in [1.54, 1.807) is 6.92 Å². The van der Waals surface area contributed by atoms with Crippen molar-refractivity contribution in [3.05, 3.63) is 29.6 Å². The second kappa shape index (κ2) is 6.29. The van der Waals surface area contributed by atoms with Gasteiger partial charge in [-0.15, -0.1) is 0 Å². The summed E-state index contributed by atoms with van der Waals surface area (Å²) >= 11 is 0. The maximum Gasteiger partial charge on any atom is 0.338 e. The molecular formula is C12H16FNO5S. The molecule has 0 radical (unpaired) electrons. The molecule has 0 amide bonds. The first-order chi connectivity index (χ1) is 9.13. The minimum atomic E-state index is -3.97. The molecule has 1 aromatic rings. The van der Waals surface area contributed by atoms with Crippen LogP contribution in [0.4, 0.5) is 4.39 Å². The summed E-state index contributed by atoms with van der Waals surface area (Å²) in [5.41, 5.74) is -0.712. The fourth-order valence-corrected chi connectivity index (χ4v) is 3.01. The number of hydrogen-bond acceptors (Lipinski definition) is 4. The Bertz CT molecular complexity index is 600. The molecule has 0 aromatic heterocycles. The monoisotopic (exact) mass is 305 g/mol. The quantitative estimate of drug-likeness (QED) is 0.726. The van der Waals surface area contributed by atoms with Crippen molar-refractivity contribution in [3.63, 3.8) is 0 Å². The van der Waals surface area contributed by atoms with Gasteiger partial charge in [-0.3, -0.25) is 0 Å². The zero-order chi connectivity index (χ0) is 15.5. The molecule has 0 spiro atoms. The summed E-state index contributed by atoms with van der Waals surface area (Å²) in [7, 11) is -3.97. The minimum Gasteiger partial charge on any atom is -0.478 e. The number of benzene rings is 1. The molecule has 0 heterocycles. The predicted molar refractivity (Wildman–Crippen MR) is 69.4 cm³/mol. The first kappa shape index (κ1) is 16.5. The summed E-state index contributed by atoms with van der Waals surface area (Å²) in [6.07, 6.45) is -0.484. The van der Waals surface area contributed by atoms with Crippen molar-refractivity contribution in [2.24, 2.45) is 0 Å². The van der Waals surface area contributed by atoms with E-state index in [2.05, 4.69) is 4.72 Å². The highest BCUT2D eigenvalue weighted by molar-refractivity contribution is 7.89. The van der Waals surface area contributed by atoms with Crippen LogP contribution >= 0.6 is 0 Å². The zero-order valence-corrected chi connectivity index (χ0v) is 11.8. The summed E-state index contributed by atoms with van der Waals surface area (Å²) in [5, 5.41) is 17.9. The van der Waals surface area contributed by atoms with Gasteiger partial charge >= 0.3 is 5.97 Å². The van der Waals surface area contributed by atoms with Crippen molar-refractivity contribution >= 4 is 16.0 Å². The number of carboxylic acid groups (broad SMARTS) is 1. The second-order valence-corrected chi connectivity index (χ2v) is 6.27. The Balaban J connectivity index is 3.04. The van der Waals surface area contributed by atoms with Crippen molar-refractivity contribution in [1.82, 2.24) is 4.72 Å². The van der Waals surface area contributed by atoms with Gasteiger partial charge in [-0.1, -0.05) is 0 Å². The van der Waals surface area contributed by atoms with Crippen molar-refractivity contribution < 1.29 is 27.8 Å². The highest BCUT2D eigenvalue weighted by Gasteiger charge is 2.21. The molecular weight excluding hydrogens is 289 g/mol. The van der Waals surface area contributed by atoms with Gasteiger partial charge in [-0.25, -0.2) is 22.3 Å². The minimum absolute atomic E-state index is 0.201. The Morgan fingerprint density at radius 2 is 2.00 bits per heavy atom. The van der Waals surface area contributed by atoms with E-state index >= 15 is 0 Å². The molecule has 8 heteroatoms. The number of hydrogen-bond donors (Lipinski definition) is 3. The second-order valence-electron chi connectivity index (χ2n) is 4.55. The Morgan fingerprint density at radius 1 is 1.40 bits per heavy atom. The van der Waals surface area contributed by atoms with E-state index in [9.17, 15) is 22.7 Å². The van der Waals surface area contributed by atoms with Crippen LogP contribution in [0.15, 0.2) is 23.1 Å². The number of carbonyl (C=O) groups is 1. The third-order valence-corrected chi connectivity index (χ3v) is 4.12. The number of sulfonamides is 1. The Kier molecular flexibility index (Phi) is 5.21. The molecule has 6 nitrogen and oxygen atoms in total. The van der Waals surface area contributed by atoms with Crippen LogP contribution in [0.1, 0.15) is 30.6 Å². The highest BCUT2D eigenvalue weighted by Crippen LogP contribution is 2.16.